The van der Waals surface area contributed by atoms with Crippen LogP contribution in [-0.2, 0) is 0 Å². The van der Waals surface area contributed by atoms with E-state index in [1.165, 1.54) is 5.57 Å². The molecule has 50 valence electrons. The van der Waals surface area contributed by atoms with Gasteiger partial charge < -0.3 is 4.90 Å². The Hall–Kier alpha value is -0.790. The van der Waals surface area contributed by atoms with Gasteiger partial charge in [-0.2, -0.15) is 0 Å². The summed E-state index contributed by atoms with van der Waals surface area (Å²) >= 11 is 0. The van der Waals surface area contributed by atoms with Gasteiger partial charge in [-0.3, -0.25) is 4.99 Å². The van der Waals surface area contributed by atoms with E-state index in [-0.39, 0.29) is 0 Å². The van der Waals surface area contributed by atoms with E-state index in [1.807, 2.05) is 6.34 Å². The van der Waals surface area contributed by atoms with Crippen molar-refractivity contribution in [3.8, 4) is 0 Å². The summed E-state index contributed by atoms with van der Waals surface area (Å²) in [6.07, 6.45) is 3.99. The molecule has 0 amide bonds. The summed E-state index contributed by atoms with van der Waals surface area (Å²) in [7, 11) is 0. The Morgan fingerprint density at radius 3 is 2.89 bits per heavy atom. The van der Waals surface area contributed by atoms with Crippen LogP contribution in [0.3, 0.4) is 0 Å². The maximum absolute atomic E-state index is 4.07. The van der Waals surface area contributed by atoms with E-state index in [0.29, 0.717) is 0 Å². The molecule has 0 aromatic carbocycles. The zero-order chi connectivity index (χ0) is 6.69. The maximum atomic E-state index is 4.07. The van der Waals surface area contributed by atoms with Crippen molar-refractivity contribution in [2.24, 2.45) is 4.99 Å². The van der Waals surface area contributed by atoms with Crippen LogP contribution in [0.1, 0.15) is 13.8 Å². The number of rotatable bonds is 1. The lowest BCUT2D eigenvalue weighted by molar-refractivity contribution is 0.618. The molecule has 0 aromatic rings. The van der Waals surface area contributed by atoms with Gasteiger partial charge in [0.15, 0.2) is 0 Å². The van der Waals surface area contributed by atoms with E-state index in [1.54, 1.807) is 0 Å². The van der Waals surface area contributed by atoms with Crippen molar-refractivity contribution in [2.45, 2.75) is 13.8 Å². The predicted octanol–water partition coefficient (Wildman–Crippen LogP) is 1.25. The molecule has 0 aromatic heterocycles. The zero-order valence-corrected chi connectivity index (χ0v) is 5.96. The van der Waals surface area contributed by atoms with Crippen LogP contribution >= 0.6 is 0 Å². The van der Waals surface area contributed by atoms with Gasteiger partial charge >= 0.3 is 0 Å². The molecule has 0 N–H and O–H groups in total. The van der Waals surface area contributed by atoms with Crippen LogP contribution in [0.5, 0.6) is 0 Å². The summed E-state index contributed by atoms with van der Waals surface area (Å²) in [5.74, 6) is 0. The van der Waals surface area contributed by atoms with Crippen LogP contribution in [0.25, 0.3) is 0 Å². The van der Waals surface area contributed by atoms with Gasteiger partial charge in [-0.05, 0) is 13.8 Å². The standard InChI is InChI=1S/C7H12N2/c1-7(2)5-9-4-3-8-6-9/h5-6H,3-4H2,1-2H3. The maximum Gasteiger partial charge on any atom is 0.0891 e. The normalized spacial score (nSPS) is 16.4. The van der Waals surface area contributed by atoms with Gasteiger partial charge in [-0.25, -0.2) is 0 Å². The molecule has 0 bridgehead atoms. The van der Waals surface area contributed by atoms with E-state index in [2.05, 4.69) is 29.9 Å². The molecule has 0 radical (unpaired) electrons. The second-order valence-corrected chi connectivity index (χ2v) is 2.47. The van der Waals surface area contributed by atoms with Gasteiger partial charge in [-0.1, -0.05) is 5.57 Å². The molecule has 2 nitrogen and oxygen atoms in total. The number of aliphatic imine (C=N–C) groups is 1. The van der Waals surface area contributed by atoms with Crippen LogP contribution in [0.2, 0.25) is 0 Å². The van der Waals surface area contributed by atoms with Crippen LogP contribution < -0.4 is 0 Å². The zero-order valence-electron chi connectivity index (χ0n) is 5.96. The molecular formula is C7H12N2. The molecule has 0 unspecified atom stereocenters. The smallest absolute Gasteiger partial charge is 0.0891 e. The van der Waals surface area contributed by atoms with Crippen molar-refractivity contribution >= 4 is 6.34 Å². The minimum absolute atomic E-state index is 0.948. The van der Waals surface area contributed by atoms with Gasteiger partial charge in [0.05, 0.1) is 12.9 Å². The molecule has 0 saturated heterocycles. The Morgan fingerprint density at radius 2 is 2.44 bits per heavy atom. The molecule has 0 fully saturated rings. The van der Waals surface area contributed by atoms with Crippen molar-refractivity contribution in [3.05, 3.63) is 11.8 Å². The second kappa shape index (κ2) is 2.67. The predicted molar refractivity (Wildman–Crippen MR) is 39.5 cm³/mol. The SMILES string of the molecule is CC(C)=CN1C=NCC1. The molecule has 0 aliphatic carbocycles. The van der Waals surface area contributed by atoms with E-state index in [0.717, 1.165) is 13.1 Å². The Kier molecular flexibility index (Phi) is 1.88. The molecule has 1 aliphatic heterocycles. The highest BCUT2D eigenvalue weighted by molar-refractivity contribution is 5.58. The number of allylic oxidation sites excluding steroid dienone is 1. The van der Waals surface area contributed by atoms with Gasteiger partial charge in [-0.15, -0.1) is 0 Å². The fourth-order valence-electron chi connectivity index (χ4n) is 0.823. The first-order chi connectivity index (χ1) is 4.29. The summed E-state index contributed by atoms with van der Waals surface area (Å²) in [6, 6.07) is 0. The molecule has 1 heterocycles. The molecule has 0 atom stereocenters. The lowest BCUT2D eigenvalue weighted by atomic mass is 10.4. The van der Waals surface area contributed by atoms with Gasteiger partial charge in [0.1, 0.15) is 0 Å². The van der Waals surface area contributed by atoms with Gasteiger partial charge in [0.2, 0.25) is 0 Å². The fraction of sp³-hybridized carbons (Fsp3) is 0.571. The first kappa shape index (κ1) is 6.33. The highest BCUT2D eigenvalue weighted by Crippen LogP contribution is 1.97. The second-order valence-electron chi connectivity index (χ2n) is 2.47. The minimum atomic E-state index is 0.948. The number of nitrogens with zero attached hydrogens (tertiary/aromatic N) is 2. The van der Waals surface area contributed by atoms with E-state index >= 15 is 0 Å². The Balaban J connectivity index is 2.45. The average Bonchev–Trinajstić information content (AvgIpc) is 2.15. The largest absolute Gasteiger partial charge is 0.338 e. The van der Waals surface area contributed by atoms with Crippen molar-refractivity contribution in [3.63, 3.8) is 0 Å². The van der Waals surface area contributed by atoms with Crippen molar-refractivity contribution in [2.75, 3.05) is 13.1 Å². The first-order valence-corrected chi connectivity index (χ1v) is 3.20. The fourth-order valence-corrected chi connectivity index (χ4v) is 0.823. The Bertz CT molecular complexity index is 143. The molecule has 9 heavy (non-hydrogen) atoms. The van der Waals surface area contributed by atoms with Gasteiger partial charge in [0.25, 0.3) is 0 Å². The monoisotopic (exact) mass is 124 g/mol. The topological polar surface area (TPSA) is 15.6 Å². The summed E-state index contributed by atoms with van der Waals surface area (Å²) < 4.78 is 0. The van der Waals surface area contributed by atoms with Crippen LogP contribution in [0.15, 0.2) is 16.8 Å². The van der Waals surface area contributed by atoms with Crippen molar-refractivity contribution in [1.82, 2.24) is 4.90 Å². The molecule has 0 saturated carbocycles. The van der Waals surface area contributed by atoms with Crippen molar-refractivity contribution in [1.29, 1.82) is 0 Å². The van der Waals surface area contributed by atoms with Crippen LogP contribution in [0.4, 0.5) is 0 Å². The van der Waals surface area contributed by atoms with Gasteiger partial charge in [0, 0.05) is 12.7 Å². The minimum Gasteiger partial charge on any atom is -0.338 e. The van der Waals surface area contributed by atoms with E-state index < -0.39 is 0 Å². The number of hydrogen-bond acceptors (Lipinski definition) is 2. The third kappa shape index (κ3) is 1.88. The van der Waals surface area contributed by atoms with Crippen LogP contribution in [-0.4, -0.2) is 24.3 Å². The average molecular weight is 124 g/mol. The molecule has 0 spiro atoms. The van der Waals surface area contributed by atoms with Crippen LogP contribution in [0, 0.1) is 0 Å². The summed E-state index contributed by atoms with van der Waals surface area (Å²) in [6.45, 7) is 6.17. The molecule has 2 heteroatoms. The third-order valence-corrected chi connectivity index (χ3v) is 1.14. The Labute approximate surface area is 55.9 Å². The van der Waals surface area contributed by atoms with Crippen molar-refractivity contribution < 1.29 is 0 Å². The Morgan fingerprint density at radius 1 is 1.67 bits per heavy atom. The molecule has 1 aliphatic rings. The highest BCUT2D eigenvalue weighted by Gasteiger charge is 1.99. The third-order valence-electron chi connectivity index (χ3n) is 1.14. The summed E-state index contributed by atoms with van der Waals surface area (Å²) in [5.41, 5.74) is 1.32. The van der Waals surface area contributed by atoms with E-state index in [9.17, 15) is 0 Å². The summed E-state index contributed by atoms with van der Waals surface area (Å²) in [5, 5.41) is 0. The van der Waals surface area contributed by atoms with E-state index in [4.69, 9.17) is 0 Å². The lowest BCUT2D eigenvalue weighted by Crippen LogP contribution is -2.11. The molecular weight excluding hydrogens is 112 g/mol. The summed E-state index contributed by atoms with van der Waals surface area (Å²) in [4.78, 5) is 6.18. The quantitative estimate of drug-likeness (QED) is 0.513. The first-order valence-electron chi connectivity index (χ1n) is 3.20. The lowest BCUT2D eigenvalue weighted by Gasteiger charge is -2.06. The molecule has 1 rings (SSSR count). The highest BCUT2D eigenvalue weighted by atomic mass is 15.2. The number of hydrogen-bond donors (Lipinski definition) is 0.